The van der Waals surface area contributed by atoms with Crippen LogP contribution < -0.4 is 20.8 Å². The van der Waals surface area contributed by atoms with Gasteiger partial charge in [0.2, 0.25) is 11.8 Å². The molecule has 2 amide bonds. The van der Waals surface area contributed by atoms with E-state index >= 15 is 0 Å². The number of nitrogens with one attached hydrogen (secondary N) is 1. The number of benzene rings is 2. The number of carbonyl (C=O) groups is 3. The van der Waals surface area contributed by atoms with Gasteiger partial charge in [0, 0.05) is 10.9 Å². The van der Waals surface area contributed by atoms with Crippen LogP contribution in [-0.2, 0) is 20.9 Å². The molecule has 180 valence electrons. The van der Waals surface area contributed by atoms with Crippen molar-refractivity contribution < 1.29 is 24.2 Å². The van der Waals surface area contributed by atoms with E-state index in [2.05, 4.69) is 10.3 Å². The molecule has 0 atom stereocenters. The predicted octanol–water partition coefficient (Wildman–Crippen LogP) is 2.22. The van der Waals surface area contributed by atoms with E-state index in [4.69, 9.17) is 16.3 Å². The number of esters is 1. The van der Waals surface area contributed by atoms with Crippen LogP contribution in [0.5, 0.6) is 5.88 Å². The van der Waals surface area contributed by atoms with Crippen LogP contribution in [0.4, 0.5) is 5.69 Å². The number of hydrogen-bond donors (Lipinski definition) is 2. The van der Waals surface area contributed by atoms with E-state index in [0.717, 1.165) is 11.0 Å². The van der Waals surface area contributed by atoms with E-state index in [1.165, 1.54) is 18.2 Å². The molecule has 1 aliphatic rings. The molecule has 0 radical (unpaired) electrons. The summed E-state index contributed by atoms with van der Waals surface area (Å²) in [7, 11) is 0. The maximum atomic E-state index is 12.6. The molecule has 1 aromatic heterocycles. The number of carbonyl (C=O) groups excluding carboxylic acids is 3. The Hall–Kier alpha value is -3.76. The maximum absolute atomic E-state index is 12.6. The number of thiazole rings is 1. The maximum Gasteiger partial charge on any atom is 0.339 e. The van der Waals surface area contributed by atoms with Crippen LogP contribution in [0.3, 0.4) is 0 Å². The highest BCUT2D eigenvalue weighted by Crippen LogP contribution is 2.28. The Balaban J connectivity index is 1.55. The standard InChI is InChI=1S/C24H20ClN3O6S/c1-2-3-10-34-23(32)15-11-13(8-9-16(15)25)26-18(29)12-28-22(31)20(35-24(28)33)19-14-6-4-5-7-17(14)27-21(19)30/h4-9,11,31H,2-3,10,12H2,1H3,(H,26,29). The summed E-state index contributed by atoms with van der Waals surface area (Å²) in [4.78, 5) is 53.2. The van der Waals surface area contributed by atoms with Crippen molar-refractivity contribution >= 4 is 52.0 Å². The monoisotopic (exact) mass is 513 g/mol. The normalized spacial score (nSPS) is 12.3. The number of unbranched alkanes of at least 4 members (excludes halogenated alkanes) is 1. The number of aromatic hydroxyl groups is 1. The van der Waals surface area contributed by atoms with Crippen molar-refractivity contribution in [3.63, 3.8) is 0 Å². The first-order valence-corrected chi connectivity index (χ1v) is 11.9. The third kappa shape index (κ3) is 5.03. The van der Waals surface area contributed by atoms with Crippen LogP contribution in [0, 0.1) is 0 Å². The largest absolute Gasteiger partial charge is 0.493 e. The molecule has 9 nitrogen and oxygen atoms in total. The van der Waals surface area contributed by atoms with Crippen molar-refractivity contribution in [2.45, 2.75) is 26.3 Å². The van der Waals surface area contributed by atoms with Gasteiger partial charge in [-0.25, -0.2) is 9.79 Å². The highest BCUT2D eigenvalue weighted by Gasteiger charge is 2.26. The molecular weight excluding hydrogens is 494 g/mol. The van der Waals surface area contributed by atoms with Gasteiger partial charge in [-0.15, -0.1) is 0 Å². The van der Waals surface area contributed by atoms with Gasteiger partial charge in [0.1, 0.15) is 11.4 Å². The van der Waals surface area contributed by atoms with Gasteiger partial charge in [-0.05, 0) is 30.7 Å². The molecule has 2 heterocycles. The fourth-order valence-electron chi connectivity index (χ4n) is 3.47. The molecule has 0 unspecified atom stereocenters. The van der Waals surface area contributed by atoms with E-state index in [1.807, 2.05) is 6.92 Å². The van der Waals surface area contributed by atoms with Gasteiger partial charge in [-0.2, -0.15) is 0 Å². The minimum atomic E-state index is -0.632. The first-order chi connectivity index (χ1) is 16.8. The topological polar surface area (TPSA) is 127 Å². The van der Waals surface area contributed by atoms with E-state index in [9.17, 15) is 24.3 Å². The number of halogens is 1. The van der Waals surface area contributed by atoms with Gasteiger partial charge in [-0.3, -0.25) is 19.0 Å². The number of anilines is 1. The second-order valence-corrected chi connectivity index (χ2v) is 9.02. The third-order valence-electron chi connectivity index (χ3n) is 5.21. The summed E-state index contributed by atoms with van der Waals surface area (Å²) in [6.45, 7) is 1.71. The Morgan fingerprint density at radius 2 is 1.97 bits per heavy atom. The molecule has 0 saturated carbocycles. The molecule has 3 aromatic rings. The van der Waals surface area contributed by atoms with Gasteiger partial charge < -0.3 is 15.2 Å². The summed E-state index contributed by atoms with van der Waals surface area (Å²) in [5, 5.41) is 14.4. The Kier molecular flexibility index (Phi) is 7.13. The summed E-state index contributed by atoms with van der Waals surface area (Å²) in [6.07, 6.45) is 1.58. The number of para-hydroxylation sites is 1. The quantitative estimate of drug-likeness (QED) is 0.351. The molecule has 4 rings (SSSR count). The van der Waals surface area contributed by atoms with Crippen molar-refractivity contribution in [3.8, 4) is 5.88 Å². The fourth-order valence-corrected chi connectivity index (χ4v) is 4.60. The molecular formula is C24H20ClN3O6S. The Bertz CT molecular complexity index is 1520. The SMILES string of the molecule is CCCCOC(=O)c1cc(NC(=O)Cn2c(O)c(C3=c4ccccc4=NC3=O)sc2=O)ccc1Cl. The molecule has 35 heavy (non-hydrogen) atoms. The molecule has 11 heteroatoms. The van der Waals surface area contributed by atoms with Crippen LogP contribution in [0.25, 0.3) is 5.57 Å². The van der Waals surface area contributed by atoms with Crippen molar-refractivity contribution in [1.82, 2.24) is 4.57 Å². The average molecular weight is 514 g/mol. The molecule has 0 aliphatic carbocycles. The molecule has 0 fully saturated rings. The number of ether oxygens (including phenoxy) is 1. The number of nitrogens with zero attached hydrogens (tertiary/aromatic N) is 2. The van der Waals surface area contributed by atoms with Gasteiger partial charge in [-0.1, -0.05) is 54.5 Å². The lowest BCUT2D eigenvalue weighted by molar-refractivity contribution is -0.117. The predicted molar refractivity (Wildman–Crippen MR) is 130 cm³/mol. The number of hydrogen-bond acceptors (Lipinski definition) is 7. The Morgan fingerprint density at radius 3 is 2.74 bits per heavy atom. The zero-order valence-corrected chi connectivity index (χ0v) is 20.1. The van der Waals surface area contributed by atoms with Crippen LogP contribution in [0.15, 0.2) is 52.3 Å². The number of aromatic nitrogens is 1. The summed E-state index contributed by atoms with van der Waals surface area (Å²) in [5.41, 5.74) is 0.471. The van der Waals surface area contributed by atoms with Crippen molar-refractivity contribution in [1.29, 1.82) is 0 Å². The second kappa shape index (κ2) is 10.2. The zero-order valence-electron chi connectivity index (χ0n) is 18.5. The lowest BCUT2D eigenvalue weighted by Gasteiger charge is -2.10. The number of amides is 2. The molecule has 0 saturated heterocycles. The van der Waals surface area contributed by atoms with Crippen molar-refractivity contribution in [3.05, 3.63) is 78.2 Å². The summed E-state index contributed by atoms with van der Waals surface area (Å²) in [5.74, 6) is -2.31. The molecule has 2 N–H and O–H groups in total. The summed E-state index contributed by atoms with van der Waals surface area (Å²) >= 11 is 6.75. The van der Waals surface area contributed by atoms with Crippen LogP contribution >= 0.6 is 22.9 Å². The molecule has 1 aliphatic heterocycles. The van der Waals surface area contributed by atoms with Crippen LogP contribution in [-0.4, -0.2) is 34.1 Å². The van der Waals surface area contributed by atoms with E-state index in [-0.39, 0.29) is 33.3 Å². The molecule has 0 bridgehead atoms. The fraction of sp³-hybridized carbons (Fsp3) is 0.208. The second-order valence-electron chi connectivity index (χ2n) is 7.65. The van der Waals surface area contributed by atoms with E-state index in [0.29, 0.717) is 28.3 Å². The lowest BCUT2D eigenvalue weighted by Crippen LogP contribution is -2.24. The highest BCUT2D eigenvalue weighted by atomic mass is 35.5. The van der Waals surface area contributed by atoms with E-state index < -0.39 is 35.1 Å². The van der Waals surface area contributed by atoms with Gasteiger partial charge in [0.25, 0.3) is 5.91 Å². The smallest absolute Gasteiger partial charge is 0.339 e. The number of fused-ring (bicyclic) bond motifs is 1. The van der Waals surface area contributed by atoms with Crippen LogP contribution in [0.1, 0.15) is 35.0 Å². The first kappa shape index (κ1) is 24.4. The van der Waals surface area contributed by atoms with Crippen molar-refractivity contribution in [2.75, 3.05) is 11.9 Å². The van der Waals surface area contributed by atoms with Gasteiger partial charge >= 0.3 is 10.8 Å². The van der Waals surface area contributed by atoms with E-state index in [1.54, 1.807) is 24.3 Å². The lowest BCUT2D eigenvalue weighted by atomic mass is 10.1. The minimum Gasteiger partial charge on any atom is -0.493 e. The third-order valence-corrected chi connectivity index (χ3v) is 6.52. The van der Waals surface area contributed by atoms with Gasteiger partial charge in [0.15, 0.2) is 0 Å². The Morgan fingerprint density at radius 1 is 1.20 bits per heavy atom. The summed E-state index contributed by atoms with van der Waals surface area (Å²) < 4.78 is 6.04. The minimum absolute atomic E-state index is 0.0464. The Labute approximate surface area is 208 Å². The first-order valence-electron chi connectivity index (χ1n) is 10.7. The highest BCUT2D eigenvalue weighted by molar-refractivity contribution is 7.11. The number of rotatable bonds is 8. The average Bonchev–Trinajstić information content (AvgIpc) is 3.30. The van der Waals surface area contributed by atoms with Gasteiger partial charge in [0.05, 0.1) is 28.1 Å². The van der Waals surface area contributed by atoms with Crippen LogP contribution in [0.2, 0.25) is 5.02 Å². The summed E-state index contributed by atoms with van der Waals surface area (Å²) in [6, 6.07) is 11.1. The molecule has 2 aromatic carbocycles. The molecule has 0 spiro atoms. The van der Waals surface area contributed by atoms with Crippen molar-refractivity contribution in [2.24, 2.45) is 4.99 Å². The zero-order chi connectivity index (χ0) is 25.1.